The first-order valence-electron chi connectivity index (χ1n) is 8.19. The van der Waals surface area contributed by atoms with E-state index in [2.05, 4.69) is 25.7 Å². The summed E-state index contributed by atoms with van der Waals surface area (Å²) < 4.78 is 5.76. The van der Waals surface area contributed by atoms with Gasteiger partial charge >= 0.3 is 0 Å². The second-order valence-electron chi connectivity index (χ2n) is 6.90. The summed E-state index contributed by atoms with van der Waals surface area (Å²) in [6.07, 6.45) is 5.44. The third kappa shape index (κ3) is 4.17. The van der Waals surface area contributed by atoms with E-state index in [4.69, 9.17) is 10.5 Å². The number of nitrogens with two attached hydrogens (primary N) is 1. The minimum atomic E-state index is 0.415. The highest BCUT2D eigenvalue weighted by Gasteiger charge is 2.31. The number of hydrogen-bond acceptors (Lipinski definition) is 3. The Morgan fingerprint density at radius 2 is 2.11 bits per heavy atom. The van der Waals surface area contributed by atoms with Gasteiger partial charge in [-0.2, -0.15) is 0 Å². The topological polar surface area (TPSA) is 38.5 Å². The summed E-state index contributed by atoms with van der Waals surface area (Å²) in [6, 6.07) is 0.415. The molecule has 0 aromatic carbocycles. The van der Waals surface area contributed by atoms with Gasteiger partial charge in [-0.3, -0.25) is 4.90 Å². The number of nitrogens with zero attached hydrogens (tertiary/aromatic N) is 1. The van der Waals surface area contributed by atoms with E-state index in [1.165, 1.54) is 25.8 Å². The zero-order valence-corrected chi connectivity index (χ0v) is 13.0. The summed E-state index contributed by atoms with van der Waals surface area (Å²) in [5.74, 6) is 2.38. The lowest BCUT2D eigenvalue weighted by atomic mass is 9.73. The smallest absolute Gasteiger partial charge is 0.0700 e. The largest absolute Gasteiger partial charge is 0.376 e. The van der Waals surface area contributed by atoms with Crippen molar-refractivity contribution < 1.29 is 4.74 Å². The molecule has 0 amide bonds. The van der Waals surface area contributed by atoms with Crippen LogP contribution in [0.4, 0.5) is 0 Å². The normalized spacial score (nSPS) is 37.7. The molecule has 0 spiro atoms. The lowest BCUT2D eigenvalue weighted by molar-refractivity contribution is -0.0380. The van der Waals surface area contributed by atoms with Crippen molar-refractivity contribution in [3.8, 4) is 0 Å². The summed E-state index contributed by atoms with van der Waals surface area (Å²) >= 11 is 0. The van der Waals surface area contributed by atoms with Crippen molar-refractivity contribution in [3.63, 3.8) is 0 Å². The van der Waals surface area contributed by atoms with E-state index >= 15 is 0 Å². The molecule has 3 nitrogen and oxygen atoms in total. The van der Waals surface area contributed by atoms with Crippen molar-refractivity contribution >= 4 is 0 Å². The second kappa shape index (κ2) is 7.05. The monoisotopic (exact) mass is 268 g/mol. The summed E-state index contributed by atoms with van der Waals surface area (Å²) in [4.78, 5) is 2.59. The molecule has 4 unspecified atom stereocenters. The van der Waals surface area contributed by atoms with E-state index in [1.54, 1.807) is 0 Å². The van der Waals surface area contributed by atoms with Crippen LogP contribution in [-0.2, 0) is 4.74 Å². The van der Waals surface area contributed by atoms with Crippen LogP contribution in [0.5, 0.6) is 0 Å². The number of ether oxygens (including phenoxy) is 1. The van der Waals surface area contributed by atoms with Gasteiger partial charge in [-0.05, 0) is 43.4 Å². The Morgan fingerprint density at radius 1 is 1.32 bits per heavy atom. The summed E-state index contributed by atoms with van der Waals surface area (Å²) in [5, 5.41) is 0. The molecule has 3 heteroatoms. The van der Waals surface area contributed by atoms with Crippen LogP contribution >= 0.6 is 0 Å². The Kier molecular flexibility index (Phi) is 5.67. The lowest BCUT2D eigenvalue weighted by Crippen LogP contribution is -2.49. The zero-order chi connectivity index (χ0) is 13.8. The number of rotatable bonds is 4. The Morgan fingerprint density at radius 3 is 2.79 bits per heavy atom. The van der Waals surface area contributed by atoms with Crippen molar-refractivity contribution in [2.45, 2.75) is 58.6 Å². The molecule has 112 valence electrons. The minimum absolute atomic E-state index is 0.415. The van der Waals surface area contributed by atoms with E-state index in [1.807, 2.05) is 0 Å². The third-order valence-corrected chi connectivity index (χ3v) is 5.20. The average Bonchev–Trinajstić information content (AvgIpc) is 2.41. The van der Waals surface area contributed by atoms with Crippen molar-refractivity contribution in [1.82, 2.24) is 4.90 Å². The number of morpholine rings is 1. The molecule has 2 N–H and O–H groups in total. The second-order valence-corrected chi connectivity index (χ2v) is 6.90. The fourth-order valence-corrected chi connectivity index (χ4v) is 3.66. The van der Waals surface area contributed by atoms with Crippen molar-refractivity contribution in [3.05, 3.63) is 0 Å². The highest BCUT2D eigenvalue weighted by molar-refractivity contribution is 4.86. The standard InChI is InChI=1S/C16H32N2O/c1-4-15-11-18(7-8-19-15)10-14-9-13(12(2)3)5-6-16(14)17/h12-16H,4-11,17H2,1-3H3. The molecular formula is C16H32N2O. The molecule has 1 saturated heterocycles. The van der Waals surface area contributed by atoms with Crippen molar-refractivity contribution in [2.24, 2.45) is 23.5 Å². The molecule has 0 aromatic rings. The van der Waals surface area contributed by atoms with E-state index in [-0.39, 0.29) is 0 Å². The van der Waals surface area contributed by atoms with Crippen molar-refractivity contribution in [2.75, 3.05) is 26.2 Å². The molecule has 1 aliphatic heterocycles. The van der Waals surface area contributed by atoms with Gasteiger partial charge in [0.05, 0.1) is 12.7 Å². The van der Waals surface area contributed by atoms with E-state index in [0.717, 1.165) is 38.0 Å². The van der Waals surface area contributed by atoms with E-state index in [9.17, 15) is 0 Å². The molecule has 1 saturated carbocycles. The van der Waals surface area contributed by atoms with Crippen LogP contribution in [0.1, 0.15) is 46.5 Å². The van der Waals surface area contributed by atoms with Crippen LogP contribution in [0, 0.1) is 17.8 Å². The first-order valence-corrected chi connectivity index (χ1v) is 8.19. The van der Waals surface area contributed by atoms with Crippen LogP contribution in [0.3, 0.4) is 0 Å². The lowest BCUT2D eigenvalue weighted by Gasteiger charge is -2.40. The fourth-order valence-electron chi connectivity index (χ4n) is 3.66. The molecule has 0 bridgehead atoms. The Hall–Kier alpha value is -0.120. The van der Waals surface area contributed by atoms with Crippen LogP contribution in [0.25, 0.3) is 0 Å². The summed E-state index contributed by atoms with van der Waals surface area (Å²) in [7, 11) is 0. The van der Waals surface area contributed by atoms with Gasteiger partial charge in [-0.1, -0.05) is 20.8 Å². The number of hydrogen-bond donors (Lipinski definition) is 1. The van der Waals surface area contributed by atoms with Crippen LogP contribution in [0.15, 0.2) is 0 Å². The maximum absolute atomic E-state index is 6.37. The highest BCUT2D eigenvalue weighted by Crippen LogP contribution is 2.33. The van der Waals surface area contributed by atoms with Crippen LogP contribution < -0.4 is 5.73 Å². The predicted molar refractivity (Wildman–Crippen MR) is 80.1 cm³/mol. The quantitative estimate of drug-likeness (QED) is 0.851. The Balaban J connectivity index is 1.85. The molecule has 19 heavy (non-hydrogen) atoms. The molecule has 0 aromatic heterocycles. The molecule has 2 rings (SSSR count). The molecule has 2 fully saturated rings. The third-order valence-electron chi connectivity index (χ3n) is 5.20. The van der Waals surface area contributed by atoms with Gasteiger partial charge in [-0.15, -0.1) is 0 Å². The van der Waals surface area contributed by atoms with Gasteiger partial charge in [0.2, 0.25) is 0 Å². The Labute approximate surface area is 118 Å². The molecular weight excluding hydrogens is 236 g/mol. The molecule has 1 heterocycles. The maximum atomic E-state index is 6.37. The van der Waals surface area contributed by atoms with Crippen molar-refractivity contribution in [1.29, 1.82) is 0 Å². The van der Waals surface area contributed by atoms with Crippen LogP contribution in [0.2, 0.25) is 0 Å². The average molecular weight is 268 g/mol. The van der Waals surface area contributed by atoms with Gasteiger partial charge in [0, 0.05) is 25.7 Å². The first kappa shape index (κ1) is 15.3. The minimum Gasteiger partial charge on any atom is -0.376 e. The SMILES string of the molecule is CCC1CN(CC2CC(C(C)C)CCC2N)CCO1. The van der Waals surface area contributed by atoms with Gasteiger partial charge < -0.3 is 10.5 Å². The predicted octanol–water partition coefficient (Wildman–Crippen LogP) is 2.50. The summed E-state index contributed by atoms with van der Waals surface area (Å²) in [6.45, 7) is 11.2. The molecule has 1 aliphatic carbocycles. The fraction of sp³-hybridized carbons (Fsp3) is 1.00. The maximum Gasteiger partial charge on any atom is 0.0700 e. The van der Waals surface area contributed by atoms with Gasteiger partial charge in [-0.25, -0.2) is 0 Å². The Bertz CT molecular complexity index is 269. The van der Waals surface area contributed by atoms with E-state index < -0.39 is 0 Å². The zero-order valence-electron chi connectivity index (χ0n) is 13.0. The summed E-state index contributed by atoms with van der Waals surface area (Å²) in [5.41, 5.74) is 6.37. The van der Waals surface area contributed by atoms with Gasteiger partial charge in [0.25, 0.3) is 0 Å². The molecule has 4 atom stereocenters. The van der Waals surface area contributed by atoms with Gasteiger partial charge in [0.15, 0.2) is 0 Å². The highest BCUT2D eigenvalue weighted by atomic mass is 16.5. The van der Waals surface area contributed by atoms with Gasteiger partial charge in [0.1, 0.15) is 0 Å². The van der Waals surface area contributed by atoms with E-state index in [0.29, 0.717) is 18.1 Å². The molecule has 0 radical (unpaired) electrons. The molecule has 2 aliphatic rings. The van der Waals surface area contributed by atoms with Crippen LogP contribution in [-0.4, -0.2) is 43.3 Å². The first-order chi connectivity index (χ1) is 9.10.